The zero-order valence-electron chi connectivity index (χ0n) is 11.9. The molecule has 96 valence electrons. The van der Waals surface area contributed by atoms with Gasteiger partial charge in [0.2, 0.25) is 0 Å². The molecule has 1 heteroatoms. The van der Waals surface area contributed by atoms with Gasteiger partial charge in [-0.05, 0) is 41.9 Å². The van der Waals surface area contributed by atoms with E-state index in [1.165, 1.54) is 12.0 Å². The Morgan fingerprint density at radius 1 is 1.12 bits per heavy atom. The summed E-state index contributed by atoms with van der Waals surface area (Å²) in [5, 5.41) is 0. The summed E-state index contributed by atoms with van der Waals surface area (Å²) >= 11 is 0. The maximum atomic E-state index is 5.86. The first-order chi connectivity index (χ1) is 8.04. The van der Waals surface area contributed by atoms with Gasteiger partial charge in [-0.3, -0.25) is 0 Å². The first-order valence-electron chi connectivity index (χ1n) is 6.77. The van der Waals surface area contributed by atoms with Crippen LogP contribution >= 0.6 is 0 Å². The van der Waals surface area contributed by atoms with Crippen molar-refractivity contribution in [2.75, 3.05) is 6.61 Å². The van der Waals surface area contributed by atoms with Crippen molar-refractivity contribution in [2.45, 2.75) is 47.0 Å². The minimum absolute atomic E-state index is 0.599. The van der Waals surface area contributed by atoms with Crippen LogP contribution in [0.4, 0.5) is 0 Å². The zero-order valence-corrected chi connectivity index (χ0v) is 11.9. The zero-order chi connectivity index (χ0) is 12.8. The van der Waals surface area contributed by atoms with Gasteiger partial charge in [-0.1, -0.05) is 46.8 Å². The van der Waals surface area contributed by atoms with Crippen LogP contribution in [0.15, 0.2) is 24.3 Å². The van der Waals surface area contributed by atoms with E-state index in [2.05, 4.69) is 58.9 Å². The molecule has 0 spiro atoms. The minimum Gasteiger partial charge on any atom is -0.493 e. The van der Waals surface area contributed by atoms with Crippen molar-refractivity contribution >= 4 is 0 Å². The number of hydrogen-bond donors (Lipinski definition) is 0. The highest BCUT2D eigenvalue weighted by molar-refractivity contribution is 5.30. The predicted octanol–water partition coefficient (Wildman–Crippen LogP) is 4.87. The van der Waals surface area contributed by atoms with Gasteiger partial charge in [0.05, 0.1) is 6.61 Å². The van der Waals surface area contributed by atoms with Crippen molar-refractivity contribution in [3.63, 3.8) is 0 Å². The molecule has 0 radical (unpaired) electrons. The van der Waals surface area contributed by atoms with Crippen molar-refractivity contribution in [3.8, 4) is 5.75 Å². The number of benzene rings is 1. The summed E-state index contributed by atoms with van der Waals surface area (Å²) in [6, 6.07) is 8.52. The predicted molar refractivity (Wildman–Crippen MR) is 74.6 cm³/mol. The van der Waals surface area contributed by atoms with Crippen molar-refractivity contribution in [1.29, 1.82) is 0 Å². The Morgan fingerprint density at radius 2 is 1.82 bits per heavy atom. The molecule has 2 atom stereocenters. The highest BCUT2D eigenvalue weighted by atomic mass is 16.5. The summed E-state index contributed by atoms with van der Waals surface area (Å²) in [7, 11) is 0. The molecule has 1 aromatic carbocycles. The van der Waals surface area contributed by atoms with Crippen molar-refractivity contribution in [1.82, 2.24) is 0 Å². The van der Waals surface area contributed by atoms with Crippen LogP contribution in [-0.4, -0.2) is 6.61 Å². The van der Waals surface area contributed by atoms with Crippen molar-refractivity contribution in [3.05, 3.63) is 29.8 Å². The molecule has 0 aliphatic heterocycles. The van der Waals surface area contributed by atoms with E-state index in [0.717, 1.165) is 12.4 Å². The summed E-state index contributed by atoms with van der Waals surface area (Å²) in [5.41, 5.74) is 1.38. The molecule has 0 heterocycles. The maximum Gasteiger partial charge on any atom is 0.119 e. The van der Waals surface area contributed by atoms with Gasteiger partial charge >= 0.3 is 0 Å². The topological polar surface area (TPSA) is 9.23 Å². The standard InChI is InChI=1S/C16H26O/c1-6-13(4)15-8-7-9-16(10-15)17-11-14(5)12(2)3/h7-10,12-14H,6,11H2,1-5H3. The van der Waals surface area contributed by atoms with E-state index < -0.39 is 0 Å². The fourth-order valence-electron chi connectivity index (χ4n) is 1.57. The van der Waals surface area contributed by atoms with Crippen LogP contribution in [0.2, 0.25) is 0 Å². The Kier molecular flexibility index (Phi) is 5.54. The first-order valence-corrected chi connectivity index (χ1v) is 6.77. The fraction of sp³-hybridized carbons (Fsp3) is 0.625. The lowest BCUT2D eigenvalue weighted by molar-refractivity contribution is 0.223. The number of ether oxygens (including phenoxy) is 1. The molecule has 0 aliphatic carbocycles. The molecule has 0 amide bonds. The van der Waals surface area contributed by atoms with E-state index in [4.69, 9.17) is 4.74 Å². The van der Waals surface area contributed by atoms with Gasteiger partial charge in [0.15, 0.2) is 0 Å². The molecule has 0 aliphatic rings. The lowest BCUT2D eigenvalue weighted by atomic mass is 9.98. The SMILES string of the molecule is CCC(C)c1cccc(OCC(C)C(C)C)c1. The lowest BCUT2D eigenvalue weighted by Crippen LogP contribution is -2.14. The molecular weight excluding hydrogens is 208 g/mol. The highest BCUT2D eigenvalue weighted by Gasteiger charge is 2.09. The second-order valence-electron chi connectivity index (χ2n) is 5.41. The molecule has 0 saturated carbocycles. The Morgan fingerprint density at radius 3 is 2.41 bits per heavy atom. The maximum absolute atomic E-state index is 5.86. The Balaban J connectivity index is 2.60. The molecule has 1 nitrogen and oxygen atoms in total. The second kappa shape index (κ2) is 6.68. The molecule has 2 unspecified atom stereocenters. The number of rotatable bonds is 6. The fourth-order valence-corrected chi connectivity index (χ4v) is 1.57. The normalized spacial score (nSPS) is 14.7. The minimum atomic E-state index is 0.599. The van der Waals surface area contributed by atoms with Crippen molar-refractivity contribution < 1.29 is 4.74 Å². The summed E-state index contributed by atoms with van der Waals surface area (Å²) in [4.78, 5) is 0. The smallest absolute Gasteiger partial charge is 0.119 e. The largest absolute Gasteiger partial charge is 0.493 e. The van der Waals surface area contributed by atoms with Gasteiger partial charge in [0, 0.05) is 0 Å². The molecule has 1 aromatic rings. The first kappa shape index (κ1) is 14.1. The Hall–Kier alpha value is -0.980. The van der Waals surface area contributed by atoms with Crippen LogP contribution < -0.4 is 4.74 Å². The Labute approximate surface area is 106 Å². The molecule has 0 fully saturated rings. The van der Waals surface area contributed by atoms with E-state index in [1.54, 1.807) is 0 Å². The van der Waals surface area contributed by atoms with Gasteiger partial charge < -0.3 is 4.74 Å². The van der Waals surface area contributed by atoms with Crippen LogP contribution in [-0.2, 0) is 0 Å². The van der Waals surface area contributed by atoms with Gasteiger partial charge in [0.1, 0.15) is 5.75 Å². The molecule has 0 bridgehead atoms. The summed E-state index contributed by atoms with van der Waals surface area (Å²) in [5.74, 6) is 2.89. The molecular formula is C16H26O. The van der Waals surface area contributed by atoms with E-state index >= 15 is 0 Å². The lowest BCUT2D eigenvalue weighted by Gasteiger charge is -2.17. The van der Waals surface area contributed by atoms with Crippen LogP contribution in [0.1, 0.15) is 52.5 Å². The van der Waals surface area contributed by atoms with E-state index in [1.807, 2.05) is 0 Å². The van der Waals surface area contributed by atoms with E-state index in [-0.39, 0.29) is 0 Å². The summed E-state index contributed by atoms with van der Waals surface area (Å²) in [6.45, 7) is 12.0. The monoisotopic (exact) mass is 234 g/mol. The van der Waals surface area contributed by atoms with Gasteiger partial charge in [-0.15, -0.1) is 0 Å². The average molecular weight is 234 g/mol. The van der Waals surface area contributed by atoms with Crippen LogP contribution in [0.5, 0.6) is 5.75 Å². The third-order valence-electron chi connectivity index (χ3n) is 3.69. The average Bonchev–Trinajstić information content (AvgIpc) is 2.35. The van der Waals surface area contributed by atoms with Crippen LogP contribution in [0.3, 0.4) is 0 Å². The van der Waals surface area contributed by atoms with Crippen molar-refractivity contribution in [2.24, 2.45) is 11.8 Å². The van der Waals surface area contributed by atoms with Gasteiger partial charge in [-0.2, -0.15) is 0 Å². The second-order valence-corrected chi connectivity index (χ2v) is 5.41. The van der Waals surface area contributed by atoms with Crippen LogP contribution in [0, 0.1) is 11.8 Å². The molecule has 1 rings (SSSR count). The number of hydrogen-bond acceptors (Lipinski definition) is 1. The molecule has 17 heavy (non-hydrogen) atoms. The summed E-state index contributed by atoms with van der Waals surface area (Å²) < 4.78 is 5.86. The quantitative estimate of drug-likeness (QED) is 0.682. The highest BCUT2D eigenvalue weighted by Crippen LogP contribution is 2.23. The van der Waals surface area contributed by atoms with E-state index in [9.17, 15) is 0 Å². The third kappa shape index (κ3) is 4.41. The summed E-state index contributed by atoms with van der Waals surface area (Å²) in [6.07, 6.45) is 1.17. The molecule has 0 aromatic heterocycles. The van der Waals surface area contributed by atoms with Crippen LogP contribution in [0.25, 0.3) is 0 Å². The molecule has 0 saturated heterocycles. The van der Waals surface area contributed by atoms with E-state index in [0.29, 0.717) is 17.8 Å². The molecule has 0 N–H and O–H groups in total. The van der Waals surface area contributed by atoms with Gasteiger partial charge in [-0.25, -0.2) is 0 Å². The third-order valence-corrected chi connectivity index (χ3v) is 3.69. The van der Waals surface area contributed by atoms with Gasteiger partial charge in [0.25, 0.3) is 0 Å². The Bertz CT molecular complexity index is 330.